The SMILES string of the molecule is Cc1ccc(S(=O)(=O)N2C[C@H]3C[C@@H]2CC3(CN=[N+]=[N-])CN=[N+]=[N-])cc1.Cc1ccc(S(=O)(=O)OCC2(COS(=O)(=O)c3ccc(C)cc3)C[C@H]3C[C@@H]2CN3S(=O)(=O)c2ccc(C)cc2)cc1. The number of azide groups is 2. The molecule has 2 heterocycles. The Labute approximate surface area is 386 Å². The molecule has 0 N–H and O–H groups in total. The summed E-state index contributed by atoms with van der Waals surface area (Å²) < 4.78 is 119. The lowest BCUT2D eigenvalue weighted by Crippen LogP contribution is -2.48. The van der Waals surface area contributed by atoms with Crippen LogP contribution in [-0.4, -0.2) is 93.8 Å². The average molecular weight is 981 g/mol. The molecule has 2 aliphatic carbocycles. The van der Waals surface area contributed by atoms with E-state index in [0.717, 1.165) is 22.3 Å². The molecule has 8 rings (SSSR count). The number of piperidine rings is 2. The Morgan fingerprint density at radius 3 is 1.11 bits per heavy atom. The van der Waals surface area contributed by atoms with Gasteiger partial charge in [0.15, 0.2) is 0 Å². The van der Waals surface area contributed by atoms with Crippen molar-refractivity contribution in [2.45, 2.75) is 85.0 Å². The highest BCUT2D eigenvalue weighted by molar-refractivity contribution is 7.89. The van der Waals surface area contributed by atoms with Crippen LogP contribution in [0.1, 0.15) is 47.9 Å². The summed E-state index contributed by atoms with van der Waals surface area (Å²) in [6.45, 7) is 7.69. The molecule has 4 aliphatic rings. The number of fused-ring (bicyclic) bond motifs is 4. The maximum Gasteiger partial charge on any atom is 0.296 e. The lowest BCUT2D eigenvalue weighted by Gasteiger charge is -2.40. The molecule has 2 saturated carbocycles. The molecule has 22 heteroatoms. The van der Waals surface area contributed by atoms with Gasteiger partial charge in [0.1, 0.15) is 0 Å². The fourth-order valence-electron chi connectivity index (χ4n) is 9.70. The summed E-state index contributed by atoms with van der Waals surface area (Å²) >= 11 is 0. The summed E-state index contributed by atoms with van der Waals surface area (Å²) in [5.41, 5.74) is 19.5. The molecule has 0 radical (unpaired) electrons. The zero-order valence-corrected chi connectivity index (χ0v) is 40.2. The van der Waals surface area contributed by atoms with Crippen molar-refractivity contribution in [2.24, 2.45) is 32.9 Å². The van der Waals surface area contributed by atoms with Gasteiger partial charge in [-0.25, -0.2) is 16.8 Å². The van der Waals surface area contributed by atoms with Gasteiger partial charge in [0, 0.05) is 53.5 Å². The topological polar surface area (TPSA) is 259 Å². The van der Waals surface area contributed by atoms with E-state index in [1.165, 1.54) is 28.6 Å². The molecule has 2 aliphatic heterocycles. The van der Waals surface area contributed by atoms with Crippen LogP contribution in [0.2, 0.25) is 0 Å². The van der Waals surface area contributed by atoms with Crippen LogP contribution in [-0.2, 0) is 48.6 Å². The number of hydrogen-bond donors (Lipinski definition) is 0. The Kier molecular flexibility index (Phi) is 14.1. The monoisotopic (exact) mass is 980 g/mol. The molecule has 66 heavy (non-hydrogen) atoms. The summed E-state index contributed by atoms with van der Waals surface area (Å²) in [5.74, 6) is -0.358. The van der Waals surface area contributed by atoms with E-state index in [0.29, 0.717) is 30.7 Å². The molecule has 4 aromatic rings. The van der Waals surface area contributed by atoms with Crippen LogP contribution in [0.3, 0.4) is 0 Å². The van der Waals surface area contributed by atoms with Gasteiger partial charge in [-0.3, -0.25) is 8.37 Å². The van der Waals surface area contributed by atoms with E-state index in [4.69, 9.17) is 19.4 Å². The van der Waals surface area contributed by atoms with Crippen LogP contribution >= 0.6 is 0 Å². The lowest BCUT2D eigenvalue weighted by atomic mass is 9.77. The fourth-order valence-corrected chi connectivity index (χ4v) is 15.0. The van der Waals surface area contributed by atoms with Crippen molar-refractivity contribution in [2.75, 3.05) is 39.4 Å². The van der Waals surface area contributed by atoms with Crippen molar-refractivity contribution < 1.29 is 42.0 Å². The highest BCUT2D eigenvalue weighted by atomic mass is 32.2. The maximum atomic E-state index is 13.5. The Bertz CT molecular complexity index is 2880. The normalized spacial score (nSPS) is 23.7. The van der Waals surface area contributed by atoms with Crippen LogP contribution in [0.15, 0.2) is 127 Å². The highest BCUT2D eigenvalue weighted by Gasteiger charge is 2.59. The minimum Gasteiger partial charge on any atom is -0.266 e. The minimum atomic E-state index is -4.16. The van der Waals surface area contributed by atoms with E-state index < -0.39 is 57.2 Å². The summed E-state index contributed by atoms with van der Waals surface area (Å²) in [4.78, 5) is 6.08. The van der Waals surface area contributed by atoms with Gasteiger partial charge in [0.05, 0.1) is 32.8 Å². The molecule has 4 fully saturated rings. The van der Waals surface area contributed by atoms with Crippen molar-refractivity contribution in [3.63, 3.8) is 0 Å². The van der Waals surface area contributed by atoms with Gasteiger partial charge in [-0.2, -0.15) is 25.4 Å². The van der Waals surface area contributed by atoms with Crippen molar-refractivity contribution in [3.05, 3.63) is 140 Å². The maximum absolute atomic E-state index is 13.5. The van der Waals surface area contributed by atoms with Gasteiger partial charge in [-0.15, -0.1) is 0 Å². The van der Waals surface area contributed by atoms with Crippen molar-refractivity contribution >= 4 is 40.3 Å². The second kappa shape index (κ2) is 19.0. The summed E-state index contributed by atoms with van der Waals surface area (Å²) in [7, 11) is -15.7. The van der Waals surface area contributed by atoms with E-state index >= 15 is 0 Å². The first-order valence-corrected chi connectivity index (χ1v) is 27.0. The summed E-state index contributed by atoms with van der Waals surface area (Å²) in [6, 6.07) is 25.3. The molecule has 4 atom stereocenters. The van der Waals surface area contributed by atoms with Gasteiger partial charge in [0.2, 0.25) is 20.0 Å². The third-order valence-corrected chi connectivity index (χ3v) is 19.9. The predicted octanol–water partition coefficient (Wildman–Crippen LogP) is 7.58. The number of rotatable bonds is 16. The largest absolute Gasteiger partial charge is 0.296 e. The molecule has 0 amide bonds. The van der Waals surface area contributed by atoms with Crippen molar-refractivity contribution in [1.29, 1.82) is 0 Å². The van der Waals surface area contributed by atoms with Crippen LogP contribution in [0.4, 0.5) is 0 Å². The molecule has 0 aromatic heterocycles. The second-order valence-corrected chi connectivity index (χ2v) is 24.9. The summed E-state index contributed by atoms with van der Waals surface area (Å²) in [6.07, 6.45) is 1.87. The fraction of sp³-hybridized carbons (Fsp3) is 0.455. The van der Waals surface area contributed by atoms with Crippen molar-refractivity contribution in [3.8, 4) is 0 Å². The third-order valence-electron chi connectivity index (χ3n) is 13.5. The Hall–Kier alpha value is -4.86. The molecule has 352 valence electrons. The first-order valence-electron chi connectivity index (χ1n) is 21.3. The van der Waals surface area contributed by atoms with E-state index in [2.05, 4.69) is 20.1 Å². The smallest absolute Gasteiger partial charge is 0.266 e. The second-order valence-electron chi connectivity index (χ2n) is 17.9. The van der Waals surface area contributed by atoms with Crippen LogP contribution < -0.4 is 0 Å². The third kappa shape index (κ3) is 10.0. The zero-order valence-electron chi connectivity index (χ0n) is 36.9. The number of aryl methyl sites for hydroxylation is 4. The minimum absolute atomic E-state index is 0.0156. The van der Waals surface area contributed by atoms with Gasteiger partial charge in [0.25, 0.3) is 20.2 Å². The van der Waals surface area contributed by atoms with E-state index in [9.17, 15) is 33.7 Å². The predicted molar refractivity (Wildman–Crippen MR) is 245 cm³/mol. The Morgan fingerprint density at radius 1 is 0.515 bits per heavy atom. The van der Waals surface area contributed by atoms with Gasteiger partial charge in [-0.1, -0.05) is 81.0 Å². The molecule has 0 spiro atoms. The zero-order chi connectivity index (χ0) is 47.7. The van der Waals surface area contributed by atoms with Crippen molar-refractivity contribution in [1.82, 2.24) is 8.61 Å². The van der Waals surface area contributed by atoms with E-state index in [1.54, 1.807) is 77.1 Å². The standard InChI is InChI=1S/C29H33NO8S3.C15H19N7O2S/c1-21-4-10-26(11-5-21)39(31,32)30-18-24-16-25(30)17-29(24,19-37-40(33,34)27-12-6-22(2)7-13-27)20-38-41(35,36)28-14-8-23(3)9-15-28;1-11-2-4-14(5-3-11)25(23,24)22-8-12-6-13(22)7-15(12,9-18-20-16)10-19-21-17/h4-15,24-25H,16-20H2,1-3H3;2-5,12-13H,6-10H2,1H3/t24-,25-;12-,13-/m11/s1. The number of nitrogens with zero attached hydrogens (tertiary/aromatic N) is 8. The van der Waals surface area contributed by atoms with E-state index in [1.807, 2.05) is 27.7 Å². The van der Waals surface area contributed by atoms with Crippen LogP contribution in [0.5, 0.6) is 0 Å². The number of benzene rings is 4. The molecule has 18 nitrogen and oxygen atoms in total. The highest BCUT2D eigenvalue weighted by Crippen LogP contribution is 2.54. The van der Waals surface area contributed by atoms with Crippen LogP contribution in [0.25, 0.3) is 20.9 Å². The quantitative estimate of drug-likeness (QED) is 0.0460. The van der Waals surface area contributed by atoms with Crippen LogP contribution in [0, 0.1) is 50.4 Å². The Balaban J connectivity index is 0.000000221. The van der Waals surface area contributed by atoms with Gasteiger partial charge >= 0.3 is 0 Å². The van der Waals surface area contributed by atoms with Gasteiger partial charge < -0.3 is 0 Å². The molecule has 2 saturated heterocycles. The van der Waals surface area contributed by atoms with E-state index in [-0.39, 0.29) is 71.8 Å². The lowest BCUT2D eigenvalue weighted by molar-refractivity contribution is 0.0255. The number of sulfonamides is 2. The molecule has 4 aromatic carbocycles. The van der Waals surface area contributed by atoms with Gasteiger partial charge in [-0.05, 0) is 130 Å². The molecule has 0 unspecified atom stereocenters. The molecular formula is C44H52N8O10S4. The molecule has 4 bridgehead atoms. The first kappa shape index (κ1) is 49.1. The number of hydrogen-bond acceptors (Lipinski definition) is 12. The summed E-state index contributed by atoms with van der Waals surface area (Å²) in [5, 5.41) is 7.36. The average Bonchev–Trinajstić information content (AvgIpc) is 4.08. The molecular weight excluding hydrogens is 929 g/mol. The first-order chi connectivity index (χ1) is 31.1. The Morgan fingerprint density at radius 2 is 0.818 bits per heavy atom.